The highest BCUT2D eigenvalue weighted by atomic mass is 16.2. The number of carbonyl (C=O) groups is 2. The molecule has 32 heavy (non-hydrogen) atoms. The van der Waals surface area contributed by atoms with Crippen LogP contribution in [0, 0.1) is 0 Å². The molecule has 3 rings (SSSR count). The molecule has 166 valence electrons. The van der Waals surface area contributed by atoms with Crippen LogP contribution in [0.15, 0.2) is 91.0 Å². The molecule has 0 aromatic heterocycles. The summed E-state index contributed by atoms with van der Waals surface area (Å²) in [6, 6.07) is 27.2. The van der Waals surface area contributed by atoms with Crippen LogP contribution >= 0.6 is 0 Å². The van der Waals surface area contributed by atoms with Crippen molar-refractivity contribution in [2.75, 3.05) is 26.0 Å². The Morgan fingerprint density at radius 3 is 1.94 bits per heavy atom. The van der Waals surface area contributed by atoms with Crippen molar-refractivity contribution in [1.82, 2.24) is 15.5 Å². The lowest BCUT2D eigenvalue weighted by atomic mass is 10.1. The maximum Gasteiger partial charge on any atom is 0.315 e. The molecule has 3 aromatic carbocycles. The molecule has 0 bridgehead atoms. The summed E-state index contributed by atoms with van der Waals surface area (Å²) >= 11 is 0. The monoisotopic (exact) mass is 430 g/mol. The summed E-state index contributed by atoms with van der Waals surface area (Å²) in [5, 5.41) is 8.79. The largest absolute Gasteiger partial charge is 0.334 e. The maximum atomic E-state index is 13.0. The first-order chi connectivity index (χ1) is 15.5. The summed E-state index contributed by atoms with van der Waals surface area (Å²) in [5.74, 6) is -0.301. The van der Waals surface area contributed by atoms with E-state index in [-0.39, 0.29) is 18.0 Å². The van der Waals surface area contributed by atoms with Crippen LogP contribution in [0.5, 0.6) is 0 Å². The highest BCUT2D eigenvalue weighted by molar-refractivity contribution is 5.97. The Hall–Kier alpha value is -3.64. The number of hydrogen-bond donors (Lipinski definition) is 3. The molecule has 6 heteroatoms. The Kier molecular flexibility index (Phi) is 8.40. The molecule has 6 nitrogen and oxygen atoms in total. The smallest absolute Gasteiger partial charge is 0.315 e. The second kappa shape index (κ2) is 11.7. The van der Waals surface area contributed by atoms with Gasteiger partial charge in [-0.3, -0.25) is 4.79 Å². The molecule has 2 atom stereocenters. The standard InChI is InChI=1S/C26H30N4O2/c1-30(2)19-23(18-20-12-6-3-7-13-20)28-26(32)29-24(21-14-8-4-9-15-21)25(31)27-22-16-10-5-11-17-22/h3-17,23-24H,18-19H2,1-2H3,(H,27,31)(H2,28,29,32). The van der Waals surface area contributed by atoms with E-state index in [9.17, 15) is 9.59 Å². The molecule has 0 aliphatic heterocycles. The number of benzene rings is 3. The van der Waals surface area contributed by atoms with Crippen LogP contribution in [-0.2, 0) is 11.2 Å². The Labute approximate surface area is 189 Å². The summed E-state index contributed by atoms with van der Waals surface area (Å²) in [7, 11) is 3.94. The van der Waals surface area contributed by atoms with Crippen LogP contribution in [0.25, 0.3) is 0 Å². The molecule has 3 amide bonds. The lowest BCUT2D eigenvalue weighted by Crippen LogP contribution is -2.49. The molecule has 3 aromatic rings. The Morgan fingerprint density at radius 2 is 1.34 bits per heavy atom. The van der Waals surface area contributed by atoms with Gasteiger partial charge in [0, 0.05) is 18.3 Å². The molecule has 0 saturated carbocycles. The number of para-hydroxylation sites is 1. The van der Waals surface area contributed by atoms with E-state index in [1.54, 1.807) is 0 Å². The third-order valence-electron chi connectivity index (χ3n) is 4.96. The van der Waals surface area contributed by atoms with E-state index in [0.717, 1.165) is 5.56 Å². The normalized spacial score (nSPS) is 12.6. The maximum absolute atomic E-state index is 13.0. The Morgan fingerprint density at radius 1 is 0.781 bits per heavy atom. The summed E-state index contributed by atoms with van der Waals surface area (Å²) in [5.41, 5.74) is 2.53. The molecule has 0 fully saturated rings. The van der Waals surface area contributed by atoms with Gasteiger partial charge in [0.25, 0.3) is 5.91 Å². The molecule has 0 heterocycles. The fraction of sp³-hybridized carbons (Fsp3) is 0.231. The second-order valence-electron chi connectivity index (χ2n) is 7.97. The molecular weight excluding hydrogens is 400 g/mol. The van der Waals surface area contributed by atoms with Gasteiger partial charge in [0.15, 0.2) is 0 Å². The summed E-state index contributed by atoms with van der Waals surface area (Å²) < 4.78 is 0. The van der Waals surface area contributed by atoms with Crippen molar-refractivity contribution in [3.63, 3.8) is 0 Å². The number of likely N-dealkylation sites (N-methyl/N-ethyl adjacent to an activating group) is 1. The zero-order valence-corrected chi connectivity index (χ0v) is 18.5. The average Bonchev–Trinajstić information content (AvgIpc) is 2.79. The third-order valence-corrected chi connectivity index (χ3v) is 4.96. The van der Waals surface area contributed by atoms with Crippen molar-refractivity contribution in [1.29, 1.82) is 0 Å². The lowest BCUT2D eigenvalue weighted by molar-refractivity contribution is -0.118. The van der Waals surface area contributed by atoms with Gasteiger partial charge in [-0.05, 0) is 43.8 Å². The van der Waals surface area contributed by atoms with E-state index in [4.69, 9.17) is 0 Å². The van der Waals surface area contributed by atoms with Gasteiger partial charge in [-0.1, -0.05) is 78.9 Å². The van der Waals surface area contributed by atoms with Gasteiger partial charge < -0.3 is 20.9 Å². The number of anilines is 1. The highest BCUT2D eigenvalue weighted by Gasteiger charge is 2.24. The minimum Gasteiger partial charge on any atom is -0.334 e. The second-order valence-corrected chi connectivity index (χ2v) is 7.97. The summed E-state index contributed by atoms with van der Waals surface area (Å²) in [4.78, 5) is 28.0. The van der Waals surface area contributed by atoms with Crippen LogP contribution in [0.3, 0.4) is 0 Å². The third kappa shape index (κ3) is 7.25. The van der Waals surface area contributed by atoms with E-state index in [1.165, 1.54) is 0 Å². The van der Waals surface area contributed by atoms with E-state index in [0.29, 0.717) is 24.2 Å². The number of carbonyl (C=O) groups excluding carboxylic acids is 2. The fourth-order valence-corrected chi connectivity index (χ4v) is 3.54. The summed E-state index contributed by atoms with van der Waals surface area (Å²) in [6.07, 6.45) is 0.693. The van der Waals surface area contributed by atoms with Gasteiger partial charge in [-0.15, -0.1) is 0 Å². The first-order valence-corrected chi connectivity index (χ1v) is 10.7. The number of amides is 3. The SMILES string of the molecule is CN(C)CC(Cc1ccccc1)NC(=O)NC(C(=O)Nc1ccccc1)c1ccccc1. The molecule has 0 radical (unpaired) electrons. The van der Waals surface area contributed by atoms with E-state index in [1.807, 2.05) is 110 Å². The fourth-order valence-electron chi connectivity index (χ4n) is 3.54. The predicted octanol–water partition coefficient (Wildman–Crippen LogP) is 3.84. The molecule has 0 saturated heterocycles. The van der Waals surface area contributed by atoms with Crippen molar-refractivity contribution < 1.29 is 9.59 Å². The van der Waals surface area contributed by atoms with Crippen LogP contribution in [0.2, 0.25) is 0 Å². The summed E-state index contributed by atoms with van der Waals surface area (Å²) in [6.45, 7) is 0.675. The van der Waals surface area contributed by atoms with E-state index >= 15 is 0 Å². The van der Waals surface area contributed by atoms with E-state index < -0.39 is 6.04 Å². The Bertz CT molecular complexity index is 978. The first kappa shape index (κ1) is 23.0. The van der Waals surface area contributed by atoms with Gasteiger partial charge in [-0.25, -0.2) is 4.79 Å². The number of urea groups is 1. The van der Waals surface area contributed by atoms with Crippen molar-refractivity contribution >= 4 is 17.6 Å². The molecule has 0 aliphatic rings. The zero-order chi connectivity index (χ0) is 22.8. The van der Waals surface area contributed by atoms with Crippen LogP contribution in [0.1, 0.15) is 17.2 Å². The van der Waals surface area contributed by atoms with Gasteiger partial charge in [0.1, 0.15) is 6.04 Å². The van der Waals surface area contributed by atoms with E-state index in [2.05, 4.69) is 16.0 Å². The molecule has 2 unspecified atom stereocenters. The van der Waals surface area contributed by atoms with Gasteiger partial charge in [-0.2, -0.15) is 0 Å². The van der Waals surface area contributed by atoms with Crippen LogP contribution in [-0.4, -0.2) is 43.5 Å². The van der Waals surface area contributed by atoms with Gasteiger partial charge in [0.2, 0.25) is 0 Å². The molecule has 3 N–H and O–H groups in total. The van der Waals surface area contributed by atoms with Gasteiger partial charge in [0.05, 0.1) is 0 Å². The van der Waals surface area contributed by atoms with Crippen LogP contribution < -0.4 is 16.0 Å². The Balaban J connectivity index is 1.72. The first-order valence-electron chi connectivity index (χ1n) is 10.7. The van der Waals surface area contributed by atoms with Crippen molar-refractivity contribution in [2.45, 2.75) is 18.5 Å². The van der Waals surface area contributed by atoms with Crippen molar-refractivity contribution in [3.8, 4) is 0 Å². The number of nitrogens with one attached hydrogen (secondary N) is 3. The number of nitrogens with zero attached hydrogens (tertiary/aromatic N) is 1. The highest BCUT2D eigenvalue weighted by Crippen LogP contribution is 2.16. The predicted molar refractivity (Wildman–Crippen MR) is 128 cm³/mol. The van der Waals surface area contributed by atoms with Crippen molar-refractivity contribution in [2.24, 2.45) is 0 Å². The number of rotatable bonds is 9. The topological polar surface area (TPSA) is 73.5 Å². The van der Waals surface area contributed by atoms with Gasteiger partial charge >= 0.3 is 6.03 Å². The quantitative estimate of drug-likeness (QED) is 0.483. The molecular formula is C26H30N4O2. The zero-order valence-electron chi connectivity index (χ0n) is 18.5. The minimum absolute atomic E-state index is 0.110. The lowest BCUT2D eigenvalue weighted by Gasteiger charge is -2.25. The minimum atomic E-state index is -0.826. The van der Waals surface area contributed by atoms with Crippen molar-refractivity contribution in [3.05, 3.63) is 102 Å². The molecule has 0 spiro atoms. The van der Waals surface area contributed by atoms with Crippen LogP contribution in [0.4, 0.5) is 10.5 Å². The number of hydrogen-bond acceptors (Lipinski definition) is 3. The average molecular weight is 431 g/mol. The molecule has 0 aliphatic carbocycles.